The van der Waals surface area contributed by atoms with Gasteiger partial charge in [0.15, 0.2) is 0 Å². The van der Waals surface area contributed by atoms with E-state index in [0.717, 1.165) is 12.8 Å². The van der Waals surface area contributed by atoms with Crippen LogP contribution in [0, 0.1) is 12.8 Å². The van der Waals surface area contributed by atoms with Crippen LogP contribution in [0.4, 0.5) is 0 Å². The third-order valence-corrected chi connectivity index (χ3v) is 5.05. The van der Waals surface area contributed by atoms with E-state index in [-0.39, 0.29) is 33.0 Å². The fourth-order valence-corrected chi connectivity index (χ4v) is 3.26. The molecule has 0 radical (unpaired) electrons. The van der Waals surface area contributed by atoms with E-state index in [1.54, 1.807) is 0 Å². The van der Waals surface area contributed by atoms with Crippen molar-refractivity contribution in [1.29, 1.82) is 0 Å². The number of hydrogen-bond acceptors (Lipinski definition) is 6. The Balaban J connectivity index is -0.000000189. The zero-order valence-electron chi connectivity index (χ0n) is 17.2. The molecule has 0 aromatic heterocycles. The van der Waals surface area contributed by atoms with Gasteiger partial charge in [0.05, 0.1) is 19.6 Å². The molecule has 0 spiro atoms. The van der Waals surface area contributed by atoms with Gasteiger partial charge in [0.25, 0.3) is 6.04 Å². The number of carboxylic acids is 2. The van der Waals surface area contributed by atoms with Crippen LogP contribution < -0.4 is 4.89 Å². The maximum atomic E-state index is 11.0. The topological polar surface area (TPSA) is 168 Å². The third-order valence-electron chi connectivity index (χ3n) is 4.92. The van der Waals surface area contributed by atoms with E-state index < -0.39 is 26.2 Å². The maximum absolute atomic E-state index is 11.0. The molecule has 0 aromatic rings. The second kappa shape index (κ2) is 18.3. The molecule has 3 atom stereocenters. The van der Waals surface area contributed by atoms with Gasteiger partial charge < -0.3 is 32.2 Å². The molecule has 29 heavy (non-hydrogen) atoms. The SMILES string of the molecule is CCC[N+](CC)(CC)C(C(=O)O)C(=O)O.O=[P+]([O-])OO.[CH2-]C1CCCCC1[NH-].[HH].[Pt+2]. The third kappa shape index (κ3) is 13.4. The Morgan fingerprint density at radius 2 is 1.66 bits per heavy atom. The van der Waals surface area contributed by atoms with Crippen LogP contribution in [0.15, 0.2) is 0 Å². The molecule has 4 N–H and O–H groups in total. The predicted octanol–water partition coefficient (Wildman–Crippen LogP) is 2.96. The molecule has 3 unspecified atom stereocenters. The molecule has 176 valence electrons. The van der Waals surface area contributed by atoms with E-state index in [1.807, 2.05) is 20.8 Å². The first kappa shape index (κ1) is 33.2. The van der Waals surface area contributed by atoms with E-state index in [2.05, 4.69) is 11.6 Å². The van der Waals surface area contributed by atoms with Gasteiger partial charge in [0.2, 0.25) is 0 Å². The standard InChI is InChI=1S/C10H19NO4.C7H13N.HO4P.Pt.H2/c1-4-7-11(5-2,6-3)8(9(12)13)10(14)15;1-6-4-2-3-5-7(6)8;1-4-5(2)3;;/h8H,4-7H2,1-3H3,(H-,12,13,14,15);6-8H,1-5H2;1H;;1H/q;-2;;+2;/p+1. The van der Waals surface area contributed by atoms with Gasteiger partial charge in [-0.05, 0) is 24.8 Å². The average Bonchev–Trinajstić information content (AvgIpc) is 2.64. The van der Waals surface area contributed by atoms with Crippen LogP contribution in [-0.4, -0.2) is 63.6 Å². The minimum absolute atomic E-state index is 0. The summed E-state index contributed by atoms with van der Waals surface area (Å²) in [6, 6.07) is -1.20. The van der Waals surface area contributed by atoms with Gasteiger partial charge in [-0.15, -0.1) is 0 Å². The number of nitrogens with one attached hydrogen (secondary N) is 1. The summed E-state index contributed by atoms with van der Waals surface area (Å²) in [4.78, 5) is 30.9. The number of nitrogens with zero attached hydrogens (tertiary/aromatic N) is 1. The largest absolute Gasteiger partial charge is 2.00 e. The molecule has 0 bridgehead atoms. The minimum atomic E-state index is -3.04. The second-order valence-electron chi connectivity index (χ2n) is 6.61. The molecule has 0 aromatic carbocycles. The predicted molar refractivity (Wildman–Crippen MR) is 104 cm³/mol. The number of carboxylic acid groups (broad SMARTS) is 2. The summed E-state index contributed by atoms with van der Waals surface area (Å²) >= 11 is 0. The van der Waals surface area contributed by atoms with Crippen molar-refractivity contribution in [3.63, 3.8) is 0 Å². The van der Waals surface area contributed by atoms with E-state index in [1.165, 1.54) is 19.3 Å². The summed E-state index contributed by atoms with van der Waals surface area (Å²) in [5.41, 5.74) is 7.42. The van der Waals surface area contributed by atoms with Crippen molar-refractivity contribution in [1.82, 2.24) is 0 Å². The minimum Gasteiger partial charge on any atom is -0.677 e. The zero-order valence-corrected chi connectivity index (χ0v) is 20.4. The van der Waals surface area contributed by atoms with Crippen molar-refractivity contribution in [2.75, 3.05) is 19.6 Å². The van der Waals surface area contributed by atoms with Crippen LogP contribution in [0.5, 0.6) is 0 Å². The van der Waals surface area contributed by atoms with Crippen molar-refractivity contribution >= 4 is 20.2 Å². The summed E-state index contributed by atoms with van der Waals surface area (Å²) < 4.78 is 11.7. The van der Waals surface area contributed by atoms with Crippen LogP contribution in [0.1, 0.15) is 54.3 Å². The molecule has 12 heteroatoms. The van der Waals surface area contributed by atoms with Crippen molar-refractivity contribution in [3.05, 3.63) is 12.7 Å². The first-order chi connectivity index (χ1) is 13.0. The van der Waals surface area contributed by atoms with Crippen LogP contribution in [0.3, 0.4) is 0 Å². The fourth-order valence-electron chi connectivity index (χ4n) is 3.26. The van der Waals surface area contributed by atoms with Gasteiger partial charge in [0.1, 0.15) is 0 Å². The second-order valence-corrected chi connectivity index (χ2v) is 7.22. The Labute approximate surface area is 189 Å². The van der Waals surface area contributed by atoms with Crippen LogP contribution in [0.25, 0.3) is 5.73 Å². The fraction of sp³-hybridized carbons (Fsp3) is 0.824. The van der Waals surface area contributed by atoms with Gasteiger partial charge in [0, 0.05) is 6.10 Å². The summed E-state index contributed by atoms with van der Waals surface area (Å²) in [6.45, 7) is 11.1. The van der Waals surface area contributed by atoms with E-state index in [4.69, 9.17) is 30.7 Å². The molecule has 0 amide bonds. The van der Waals surface area contributed by atoms with Crippen molar-refractivity contribution in [2.24, 2.45) is 5.92 Å². The Morgan fingerprint density at radius 3 is 1.86 bits per heavy atom. The molecule has 0 heterocycles. The number of aliphatic carboxylic acids is 2. The molecular formula is C17H36N2O8PPt+. The summed E-state index contributed by atoms with van der Waals surface area (Å²) in [6.07, 6.45) is 5.57. The molecule has 1 aliphatic rings. The summed E-state index contributed by atoms with van der Waals surface area (Å²) in [5.74, 6) is -2.08. The quantitative estimate of drug-likeness (QED) is 0.0928. The first-order valence-electron chi connectivity index (χ1n) is 9.34. The normalized spacial score (nSPS) is 19.0. The molecule has 1 rings (SSSR count). The molecule has 10 nitrogen and oxygen atoms in total. The Hall–Kier alpha value is -0.472. The summed E-state index contributed by atoms with van der Waals surface area (Å²) in [5, 5.41) is 25.0. The number of quaternary nitrogens is 1. The van der Waals surface area contributed by atoms with Crippen molar-refractivity contribution in [3.8, 4) is 0 Å². The number of rotatable bonds is 8. The summed E-state index contributed by atoms with van der Waals surface area (Å²) in [7, 11) is -3.04. The number of carbonyl (C=O) groups is 2. The Morgan fingerprint density at radius 1 is 1.24 bits per heavy atom. The Bertz CT molecular complexity index is 463. The van der Waals surface area contributed by atoms with Crippen LogP contribution in [0.2, 0.25) is 0 Å². The maximum Gasteiger partial charge on any atom is 2.00 e. The Kier molecular flexibility index (Phi) is 20.9. The van der Waals surface area contributed by atoms with E-state index >= 15 is 0 Å². The number of hydrogen-bond donors (Lipinski definition) is 3. The van der Waals surface area contributed by atoms with Gasteiger partial charge in [-0.2, -0.15) is 12.0 Å². The molecule has 1 fully saturated rings. The molecule has 0 saturated heterocycles. The smallest absolute Gasteiger partial charge is 0.677 e. The molecule has 1 aliphatic carbocycles. The molecule has 0 aliphatic heterocycles. The zero-order chi connectivity index (χ0) is 22.3. The molecule has 1 saturated carbocycles. The number of likely N-dealkylation sites (N-methyl/N-ethyl adjacent to an activating group) is 1. The van der Waals surface area contributed by atoms with Crippen LogP contribution in [-0.2, 0) is 39.9 Å². The monoisotopic (exact) mass is 622 g/mol. The first-order valence-corrected chi connectivity index (χ1v) is 10.4. The van der Waals surface area contributed by atoms with Crippen molar-refractivity contribution < 1.29 is 66.2 Å². The van der Waals surface area contributed by atoms with Gasteiger partial charge >= 0.3 is 41.3 Å². The van der Waals surface area contributed by atoms with Crippen molar-refractivity contribution in [2.45, 2.75) is 65.0 Å². The van der Waals surface area contributed by atoms with E-state index in [0.29, 0.717) is 25.6 Å². The van der Waals surface area contributed by atoms with E-state index in [9.17, 15) is 9.59 Å². The van der Waals surface area contributed by atoms with Gasteiger partial charge in [-0.25, -0.2) is 14.8 Å². The van der Waals surface area contributed by atoms with Crippen LogP contribution >= 0.6 is 8.25 Å². The van der Waals surface area contributed by atoms with Gasteiger partial charge in [-0.3, -0.25) is 0 Å². The molecular weight excluding hydrogens is 586 g/mol. The average molecular weight is 623 g/mol. The van der Waals surface area contributed by atoms with Gasteiger partial charge in [-0.1, -0.05) is 32.6 Å².